The maximum absolute atomic E-state index is 15.0. The first-order chi connectivity index (χ1) is 17.4. The zero-order chi connectivity index (χ0) is 27.0. The minimum Gasteiger partial charge on any atom is -0.318 e. The number of amides is 2. The molecule has 11 heteroatoms. The Morgan fingerprint density at radius 3 is 2.57 bits per heavy atom. The van der Waals surface area contributed by atoms with Crippen molar-refractivity contribution in [3.05, 3.63) is 47.5 Å². The molecule has 9 nitrogen and oxygen atoms in total. The topological polar surface area (TPSA) is 112 Å². The van der Waals surface area contributed by atoms with E-state index in [1.807, 2.05) is 0 Å². The number of hydrogen-bond donors (Lipinski definition) is 2. The first kappa shape index (κ1) is 26.9. The van der Waals surface area contributed by atoms with Gasteiger partial charge in [0.05, 0.1) is 6.54 Å². The molecule has 0 aliphatic carbocycles. The van der Waals surface area contributed by atoms with Crippen LogP contribution in [-0.2, 0) is 21.2 Å². The summed E-state index contributed by atoms with van der Waals surface area (Å²) in [6.45, 7) is 3.39. The van der Waals surface area contributed by atoms with Crippen LogP contribution in [0.25, 0.3) is 11.1 Å². The molecule has 1 fully saturated rings. The van der Waals surface area contributed by atoms with Crippen LogP contribution in [0.4, 0.5) is 9.18 Å². The number of hydrogen-bond acceptors (Lipinski definition) is 6. The summed E-state index contributed by atoms with van der Waals surface area (Å²) in [4.78, 5) is 28.6. The van der Waals surface area contributed by atoms with Crippen LogP contribution < -0.4 is 5.48 Å². The fraction of sp³-hybridized carbons (Fsp3) is 0.462. The number of nitrogens with zero attached hydrogens (tertiary/aromatic N) is 3. The van der Waals surface area contributed by atoms with E-state index in [0.29, 0.717) is 28.3 Å². The van der Waals surface area contributed by atoms with Gasteiger partial charge in [-0.05, 0) is 64.5 Å². The number of rotatable bonds is 6. The number of piperidine rings is 1. The second kappa shape index (κ2) is 10.3. The highest BCUT2D eigenvalue weighted by atomic mass is 32.2. The summed E-state index contributed by atoms with van der Waals surface area (Å²) >= 11 is 0. The van der Waals surface area contributed by atoms with Crippen molar-refractivity contribution in [3.63, 3.8) is 0 Å². The Morgan fingerprint density at radius 2 is 1.97 bits per heavy atom. The van der Waals surface area contributed by atoms with Crippen molar-refractivity contribution in [1.29, 1.82) is 0 Å². The minimum absolute atomic E-state index is 0.0220. The smallest absolute Gasteiger partial charge is 0.318 e. The molecule has 1 unspecified atom stereocenters. The number of fused-ring (bicyclic) bond motifs is 1. The van der Waals surface area contributed by atoms with Gasteiger partial charge in [-0.1, -0.05) is 17.9 Å². The molecule has 4 rings (SSSR count). The zero-order valence-corrected chi connectivity index (χ0v) is 21.9. The van der Waals surface area contributed by atoms with Crippen molar-refractivity contribution in [3.8, 4) is 23.0 Å². The molecule has 2 N–H and O–H groups in total. The van der Waals surface area contributed by atoms with E-state index in [1.54, 1.807) is 24.4 Å². The molecule has 0 bridgehead atoms. The number of benzene rings is 1. The number of sulfone groups is 1. The van der Waals surface area contributed by atoms with E-state index in [1.165, 1.54) is 27.9 Å². The Kier molecular flexibility index (Phi) is 7.46. The molecule has 3 heterocycles. The van der Waals surface area contributed by atoms with Crippen LogP contribution in [0.3, 0.4) is 0 Å². The summed E-state index contributed by atoms with van der Waals surface area (Å²) in [7, 11) is -1.78. The second-order valence-corrected chi connectivity index (χ2v) is 12.5. The normalized spacial score (nSPS) is 18.2. The molecule has 1 aromatic carbocycles. The maximum Gasteiger partial charge on any atom is 0.328 e. The van der Waals surface area contributed by atoms with E-state index in [0.717, 1.165) is 32.2 Å². The summed E-state index contributed by atoms with van der Waals surface area (Å²) in [6, 6.07) is 6.16. The van der Waals surface area contributed by atoms with Crippen molar-refractivity contribution in [2.75, 3.05) is 32.9 Å². The Hall–Kier alpha value is -3.20. The van der Waals surface area contributed by atoms with Crippen molar-refractivity contribution in [2.24, 2.45) is 5.92 Å². The highest BCUT2D eigenvalue weighted by molar-refractivity contribution is 7.92. The van der Waals surface area contributed by atoms with Crippen molar-refractivity contribution in [1.82, 2.24) is 19.8 Å². The van der Waals surface area contributed by atoms with E-state index in [4.69, 9.17) is 5.21 Å². The van der Waals surface area contributed by atoms with Gasteiger partial charge in [0.1, 0.15) is 5.82 Å². The van der Waals surface area contributed by atoms with Gasteiger partial charge in [-0.15, -0.1) is 0 Å². The first-order valence-corrected chi connectivity index (χ1v) is 14.0. The van der Waals surface area contributed by atoms with E-state index >= 15 is 0 Å². The van der Waals surface area contributed by atoms with E-state index in [2.05, 4.69) is 23.8 Å². The highest BCUT2D eigenvalue weighted by Gasteiger charge is 2.44. The number of carbonyl (C=O) groups excluding carboxylic acids is 2. The van der Waals surface area contributed by atoms with Gasteiger partial charge >= 0.3 is 6.03 Å². The number of carbonyl (C=O) groups is 2. The molecule has 2 aliphatic heterocycles. The molecule has 1 aromatic heterocycles. The lowest BCUT2D eigenvalue weighted by Crippen LogP contribution is -2.50. The summed E-state index contributed by atoms with van der Waals surface area (Å²) in [5.74, 6) is 5.17. The molecule has 198 valence electrons. The standard InChI is InChI=1S/C26H31FN4O5S/c1-26(24(32)28-34,37(3,35)36)10-13-30-17-21-15-20(16-31(21)25(30)33)22-7-6-19(14-23(22)27)5-4-18-8-11-29(2)12-9-18/h6-7,14-16,18,34H,8-13,17H2,1-3H3,(H,28,32). The second-order valence-electron chi connectivity index (χ2n) is 10.0. The third-order valence-corrected chi connectivity index (χ3v) is 9.43. The molecule has 0 saturated carbocycles. The van der Waals surface area contributed by atoms with Gasteiger partial charge in [-0.25, -0.2) is 23.1 Å². The van der Waals surface area contributed by atoms with Crippen LogP contribution in [0.2, 0.25) is 0 Å². The summed E-state index contributed by atoms with van der Waals surface area (Å²) < 4.78 is 38.8. The van der Waals surface area contributed by atoms with Gasteiger partial charge in [0, 0.05) is 47.3 Å². The lowest BCUT2D eigenvalue weighted by molar-refractivity contribution is -0.131. The monoisotopic (exact) mass is 530 g/mol. The molecule has 1 saturated heterocycles. The Balaban J connectivity index is 1.45. The van der Waals surface area contributed by atoms with Gasteiger partial charge in [-0.3, -0.25) is 14.6 Å². The fourth-order valence-corrected chi connectivity index (χ4v) is 5.49. The fourth-order valence-electron chi connectivity index (χ4n) is 4.64. The molecule has 2 aromatic rings. The quantitative estimate of drug-likeness (QED) is 0.337. The molecule has 37 heavy (non-hydrogen) atoms. The van der Waals surface area contributed by atoms with E-state index < -0.39 is 32.3 Å². The Bertz CT molecular complexity index is 1390. The molecule has 0 spiro atoms. The van der Waals surface area contributed by atoms with Gasteiger partial charge in [-0.2, -0.15) is 0 Å². The SMILES string of the molecule is CN1CCC(C#Cc2ccc(-c3cc4n(c3)C(=O)N(CCC(C)(C(=O)NO)S(C)(=O)=O)C4)c(F)c2)CC1. The summed E-state index contributed by atoms with van der Waals surface area (Å²) in [5, 5.41) is 8.97. The lowest BCUT2D eigenvalue weighted by Gasteiger charge is -2.27. The maximum atomic E-state index is 15.0. The van der Waals surface area contributed by atoms with Gasteiger partial charge in [0.15, 0.2) is 14.6 Å². The number of likely N-dealkylation sites (tertiary alicyclic amines) is 1. The Labute approximate surface area is 216 Å². The molecular weight excluding hydrogens is 499 g/mol. The van der Waals surface area contributed by atoms with Crippen molar-refractivity contribution < 1.29 is 27.6 Å². The van der Waals surface area contributed by atoms with Crippen LogP contribution in [0.5, 0.6) is 0 Å². The Morgan fingerprint density at radius 1 is 1.27 bits per heavy atom. The van der Waals surface area contributed by atoms with Gasteiger partial charge in [0.2, 0.25) is 0 Å². The predicted molar refractivity (Wildman–Crippen MR) is 136 cm³/mol. The number of nitrogens with one attached hydrogen (secondary N) is 1. The predicted octanol–water partition coefficient (Wildman–Crippen LogP) is 2.47. The van der Waals surface area contributed by atoms with E-state index in [9.17, 15) is 22.4 Å². The third-order valence-electron chi connectivity index (χ3n) is 7.41. The van der Waals surface area contributed by atoms with Gasteiger partial charge in [0.25, 0.3) is 5.91 Å². The molecule has 0 radical (unpaired) electrons. The van der Waals surface area contributed by atoms with Crippen LogP contribution >= 0.6 is 0 Å². The highest BCUT2D eigenvalue weighted by Crippen LogP contribution is 2.30. The summed E-state index contributed by atoms with van der Waals surface area (Å²) in [5.41, 5.74) is 3.54. The molecule has 2 amide bonds. The number of halogens is 1. The molecule has 2 aliphatic rings. The van der Waals surface area contributed by atoms with Crippen LogP contribution in [0, 0.1) is 23.6 Å². The van der Waals surface area contributed by atoms with Gasteiger partial charge < -0.3 is 9.80 Å². The largest absolute Gasteiger partial charge is 0.328 e. The third kappa shape index (κ3) is 5.42. The number of hydroxylamine groups is 1. The minimum atomic E-state index is -3.87. The average molecular weight is 531 g/mol. The zero-order valence-electron chi connectivity index (χ0n) is 21.1. The van der Waals surface area contributed by atoms with Crippen molar-refractivity contribution >= 4 is 21.8 Å². The molecular formula is C26H31FN4O5S. The van der Waals surface area contributed by atoms with E-state index in [-0.39, 0.29) is 19.5 Å². The first-order valence-electron chi connectivity index (χ1n) is 12.1. The molecule has 1 atom stereocenters. The van der Waals surface area contributed by atoms with Crippen LogP contribution in [0.1, 0.15) is 37.4 Å². The van der Waals surface area contributed by atoms with Crippen LogP contribution in [-0.4, -0.2) is 77.6 Å². The average Bonchev–Trinajstić information content (AvgIpc) is 3.39. The van der Waals surface area contributed by atoms with Crippen molar-refractivity contribution in [2.45, 2.75) is 37.5 Å². The van der Waals surface area contributed by atoms with Crippen LogP contribution in [0.15, 0.2) is 30.5 Å². The lowest BCUT2D eigenvalue weighted by atomic mass is 9.97. The number of aromatic nitrogens is 1. The summed E-state index contributed by atoms with van der Waals surface area (Å²) in [6.07, 6.45) is 4.28.